The van der Waals surface area contributed by atoms with Crippen LogP contribution in [0.15, 0.2) is 48.5 Å². The van der Waals surface area contributed by atoms with E-state index in [2.05, 4.69) is 17.6 Å². The molecule has 0 aliphatic heterocycles. The van der Waals surface area contributed by atoms with E-state index in [0.717, 1.165) is 29.8 Å². The van der Waals surface area contributed by atoms with E-state index in [1.165, 1.54) is 0 Å². The lowest BCUT2D eigenvalue weighted by atomic mass is 10.2. The summed E-state index contributed by atoms with van der Waals surface area (Å²) in [6.07, 6.45) is 1.87. The van der Waals surface area contributed by atoms with Gasteiger partial charge in [-0.25, -0.2) is 4.79 Å². The summed E-state index contributed by atoms with van der Waals surface area (Å²) in [6.45, 7) is 3.12. The van der Waals surface area contributed by atoms with Gasteiger partial charge in [-0.3, -0.25) is 0 Å². The van der Waals surface area contributed by atoms with Gasteiger partial charge in [0.2, 0.25) is 0 Å². The van der Waals surface area contributed by atoms with Crippen molar-refractivity contribution in [2.45, 2.75) is 26.3 Å². The van der Waals surface area contributed by atoms with Crippen LogP contribution in [0.2, 0.25) is 0 Å². The summed E-state index contributed by atoms with van der Waals surface area (Å²) in [5, 5.41) is 6.75. The van der Waals surface area contributed by atoms with Crippen LogP contribution in [-0.2, 0) is 11.3 Å². The first kappa shape index (κ1) is 19.7. The molecule has 0 spiro atoms. The maximum Gasteiger partial charge on any atom is 0.338 e. The van der Waals surface area contributed by atoms with Crippen molar-refractivity contribution < 1.29 is 14.3 Å². The molecule has 0 aliphatic carbocycles. The zero-order valence-corrected chi connectivity index (χ0v) is 15.9. The molecule has 0 saturated carbocycles. The monoisotopic (exact) mass is 372 g/mol. The summed E-state index contributed by atoms with van der Waals surface area (Å²) < 4.78 is 10.3. The molecule has 138 valence electrons. The Morgan fingerprint density at radius 2 is 1.77 bits per heavy atom. The van der Waals surface area contributed by atoms with Crippen LogP contribution >= 0.6 is 12.2 Å². The van der Waals surface area contributed by atoms with Crippen LogP contribution in [0.4, 0.5) is 5.69 Å². The fraction of sp³-hybridized carbons (Fsp3) is 0.300. The number of carbonyl (C=O) groups is 1. The SMILES string of the molecule is CCCCOC(=O)c1ccc(NC(=S)NCc2ccc(OC)cc2)cc1. The third-order valence-electron chi connectivity index (χ3n) is 3.72. The Morgan fingerprint density at radius 1 is 1.08 bits per heavy atom. The zero-order valence-electron chi connectivity index (χ0n) is 15.1. The fourth-order valence-electron chi connectivity index (χ4n) is 2.18. The van der Waals surface area contributed by atoms with Crippen molar-refractivity contribution in [2.75, 3.05) is 19.0 Å². The van der Waals surface area contributed by atoms with Gasteiger partial charge in [0.15, 0.2) is 5.11 Å². The molecular formula is C20H24N2O3S. The van der Waals surface area contributed by atoms with Gasteiger partial charge in [0.1, 0.15) is 5.75 Å². The van der Waals surface area contributed by atoms with Gasteiger partial charge < -0.3 is 20.1 Å². The van der Waals surface area contributed by atoms with Crippen LogP contribution in [0.5, 0.6) is 5.75 Å². The van der Waals surface area contributed by atoms with E-state index in [-0.39, 0.29) is 5.97 Å². The van der Waals surface area contributed by atoms with E-state index < -0.39 is 0 Å². The van der Waals surface area contributed by atoms with Crippen molar-refractivity contribution in [2.24, 2.45) is 0 Å². The molecule has 0 aliphatic rings. The number of rotatable bonds is 8. The first-order valence-electron chi connectivity index (χ1n) is 8.57. The van der Waals surface area contributed by atoms with Gasteiger partial charge in [-0.15, -0.1) is 0 Å². The number of benzene rings is 2. The molecule has 0 heterocycles. The molecule has 2 N–H and O–H groups in total. The second-order valence-corrected chi connectivity index (χ2v) is 6.13. The number of ether oxygens (including phenoxy) is 2. The highest BCUT2D eigenvalue weighted by atomic mass is 32.1. The largest absolute Gasteiger partial charge is 0.497 e. The standard InChI is InChI=1S/C20H24N2O3S/c1-3-4-13-25-19(23)16-7-9-17(10-8-16)22-20(26)21-14-15-5-11-18(24-2)12-6-15/h5-12H,3-4,13-14H2,1-2H3,(H2,21,22,26). The predicted octanol–water partition coefficient (Wildman–Crippen LogP) is 4.14. The van der Waals surface area contributed by atoms with Gasteiger partial charge in [-0.1, -0.05) is 25.5 Å². The van der Waals surface area contributed by atoms with E-state index in [9.17, 15) is 4.79 Å². The normalized spacial score (nSPS) is 10.1. The number of carbonyl (C=O) groups excluding carboxylic acids is 1. The van der Waals surface area contributed by atoms with Gasteiger partial charge in [0.25, 0.3) is 0 Å². The number of thiocarbonyl (C=S) groups is 1. The van der Waals surface area contributed by atoms with Gasteiger partial charge in [0, 0.05) is 12.2 Å². The van der Waals surface area contributed by atoms with Crippen molar-refractivity contribution >= 4 is 29.0 Å². The molecule has 0 fully saturated rings. The van der Waals surface area contributed by atoms with Crippen LogP contribution in [0.3, 0.4) is 0 Å². The van der Waals surface area contributed by atoms with Crippen LogP contribution in [-0.4, -0.2) is 24.8 Å². The number of anilines is 1. The Balaban J connectivity index is 1.80. The Kier molecular flexibility index (Phi) is 7.89. The minimum atomic E-state index is -0.301. The van der Waals surface area contributed by atoms with E-state index >= 15 is 0 Å². The molecule has 2 rings (SSSR count). The molecule has 0 atom stereocenters. The van der Waals surface area contributed by atoms with E-state index in [1.54, 1.807) is 31.4 Å². The lowest BCUT2D eigenvalue weighted by Crippen LogP contribution is -2.27. The van der Waals surface area contributed by atoms with Gasteiger partial charge in [0.05, 0.1) is 19.3 Å². The lowest BCUT2D eigenvalue weighted by Gasteiger charge is -2.11. The number of methoxy groups -OCH3 is 1. The molecule has 0 radical (unpaired) electrons. The topological polar surface area (TPSA) is 59.6 Å². The van der Waals surface area contributed by atoms with Gasteiger partial charge in [-0.05, 0) is 60.6 Å². The first-order chi connectivity index (χ1) is 12.6. The third-order valence-corrected chi connectivity index (χ3v) is 3.97. The quantitative estimate of drug-likeness (QED) is 0.413. The predicted molar refractivity (Wildman–Crippen MR) is 108 cm³/mol. The Bertz CT molecular complexity index is 715. The molecule has 5 nitrogen and oxygen atoms in total. The molecule has 6 heteroatoms. The molecular weight excluding hydrogens is 348 g/mol. The highest BCUT2D eigenvalue weighted by Crippen LogP contribution is 2.12. The average Bonchev–Trinajstić information content (AvgIpc) is 2.67. The number of hydrogen-bond donors (Lipinski definition) is 2. The van der Waals surface area contributed by atoms with Gasteiger partial charge in [-0.2, -0.15) is 0 Å². The number of nitrogens with one attached hydrogen (secondary N) is 2. The van der Waals surface area contributed by atoms with Gasteiger partial charge >= 0.3 is 5.97 Å². The van der Waals surface area contributed by atoms with Crippen molar-refractivity contribution in [1.82, 2.24) is 5.32 Å². The maximum atomic E-state index is 11.9. The highest BCUT2D eigenvalue weighted by molar-refractivity contribution is 7.80. The number of esters is 1. The molecule has 0 saturated heterocycles. The molecule has 0 aromatic heterocycles. The maximum absolute atomic E-state index is 11.9. The van der Waals surface area contributed by atoms with Crippen LogP contribution < -0.4 is 15.4 Å². The second kappa shape index (κ2) is 10.4. The minimum Gasteiger partial charge on any atom is -0.497 e. The average molecular weight is 372 g/mol. The smallest absolute Gasteiger partial charge is 0.338 e. The van der Waals surface area contributed by atoms with Crippen molar-refractivity contribution in [3.63, 3.8) is 0 Å². The molecule has 2 aromatic rings. The molecule has 2 aromatic carbocycles. The summed E-state index contributed by atoms with van der Waals surface area (Å²) >= 11 is 5.30. The summed E-state index contributed by atoms with van der Waals surface area (Å²) in [4.78, 5) is 11.9. The zero-order chi connectivity index (χ0) is 18.8. The highest BCUT2D eigenvalue weighted by Gasteiger charge is 2.07. The second-order valence-electron chi connectivity index (χ2n) is 5.72. The van der Waals surface area contributed by atoms with Crippen LogP contribution in [0.25, 0.3) is 0 Å². The van der Waals surface area contributed by atoms with Crippen molar-refractivity contribution in [1.29, 1.82) is 0 Å². The number of unbranched alkanes of at least 4 members (excludes halogenated alkanes) is 1. The van der Waals surface area contributed by atoms with Crippen LogP contribution in [0, 0.1) is 0 Å². The number of hydrogen-bond acceptors (Lipinski definition) is 4. The third kappa shape index (κ3) is 6.37. The Morgan fingerprint density at radius 3 is 2.38 bits per heavy atom. The molecule has 0 amide bonds. The summed E-state index contributed by atoms with van der Waals surface area (Å²) in [6, 6.07) is 14.8. The van der Waals surface area contributed by atoms with Crippen molar-refractivity contribution in [3.05, 3.63) is 59.7 Å². The summed E-state index contributed by atoms with van der Waals surface area (Å²) in [5.74, 6) is 0.521. The fourth-order valence-corrected chi connectivity index (χ4v) is 2.37. The lowest BCUT2D eigenvalue weighted by molar-refractivity contribution is 0.0500. The minimum absolute atomic E-state index is 0.301. The Hall–Kier alpha value is -2.60. The molecule has 0 bridgehead atoms. The molecule has 26 heavy (non-hydrogen) atoms. The van der Waals surface area contributed by atoms with E-state index in [1.807, 2.05) is 24.3 Å². The van der Waals surface area contributed by atoms with Crippen LogP contribution in [0.1, 0.15) is 35.7 Å². The molecule has 0 unspecified atom stereocenters. The summed E-state index contributed by atoms with van der Waals surface area (Å²) in [7, 11) is 1.64. The van der Waals surface area contributed by atoms with E-state index in [0.29, 0.717) is 23.8 Å². The van der Waals surface area contributed by atoms with E-state index in [4.69, 9.17) is 21.7 Å². The first-order valence-corrected chi connectivity index (χ1v) is 8.98. The van der Waals surface area contributed by atoms with Crippen molar-refractivity contribution in [3.8, 4) is 5.75 Å². The summed E-state index contributed by atoms with van der Waals surface area (Å²) in [5.41, 5.74) is 2.44. The Labute approximate surface area is 159 Å².